The fraction of sp³-hybridized carbons (Fsp3) is 0.636. The Morgan fingerprint density at radius 3 is 2.94 bits per heavy atom. The van der Waals surface area contributed by atoms with Crippen LogP contribution in [0.15, 0.2) is 18.6 Å². The van der Waals surface area contributed by atoms with Gasteiger partial charge in [0.2, 0.25) is 0 Å². The average Bonchev–Trinajstić information content (AvgIpc) is 2.72. The van der Waals surface area contributed by atoms with Crippen LogP contribution in [0.1, 0.15) is 19.3 Å². The Labute approximate surface area is 95.3 Å². The standard InChI is InChI=1S/C11H18N4O/c16-10-3-1-2-9(10)13-6-7-15-11-8-12-4-5-14-11/h4-5,8-10,13,16H,1-3,6-7H2,(H,14,15)/t9-,10-/m1/s1. The van der Waals surface area contributed by atoms with Crippen molar-refractivity contribution >= 4 is 5.82 Å². The van der Waals surface area contributed by atoms with Gasteiger partial charge in [0.1, 0.15) is 5.82 Å². The first-order chi connectivity index (χ1) is 7.86. The molecule has 1 saturated carbocycles. The van der Waals surface area contributed by atoms with Gasteiger partial charge in [-0.15, -0.1) is 0 Å². The minimum Gasteiger partial charge on any atom is -0.392 e. The summed E-state index contributed by atoms with van der Waals surface area (Å²) in [6.45, 7) is 1.63. The number of aliphatic hydroxyl groups excluding tert-OH is 1. The van der Waals surface area contributed by atoms with E-state index in [2.05, 4.69) is 20.6 Å². The monoisotopic (exact) mass is 222 g/mol. The molecule has 1 fully saturated rings. The van der Waals surface area contributed by atoms with Crippen molar-refractivity contribution in [2.75, 3.05) is 18.4 Å². The first kappa shape index (κ1) is 11.3. The third-order valence-corrected chi connectivity index (χ3v) is 2.88. The molecule has 0 amide bonds. The van der Waals surface area contributed by atoms with Crippen molar-refractivity contribution in [1.82, 2.24) is 15.3 Å². The Hall–Kier alpha value is -1.20. The molecule has 16 heavy (non-hydrogen) atoms. The van der Waals surface area contributed by atoms with E-state index in [1.54, 1.807) is 18.6 Å². The number of hydrogen-bond acceptors (Lipinski definition) is 5. The number of aliphatic hydroxyl groups is 1. The lowest BCUT2D eigenvalue weighted by molar-refractivity contribution is 0.150. The molecule has 5 nitrogen and oxygen atoms in total. The van der Waals surface area contributed by atoms with Gasteiger partial charge in [-0.25, -0.2) is 4.98 Å². The maximum absolute atomic E-state index is 9.60. The normalized spacial score (nSPS) is 24.6. The van der Waals surface area contributed by atoms with Crippen LogP contribution in [0.4, 0.5) is 5.82 Å². The van der Waals surface area contributed by atoms with Crippen LogP contribution in [0.25, 0.3) is 0 Å². The molecule has 88 valence electrons. The Kier molecular flexibility index (Phi) is 4.07. The first-order valence-corrected chi connectivity index (χ1v) is 5.77. The minimum absolute atomic E-state index is 0.170. The summed E-state index contributed by atoms with van der Waals surface area (Å²) in [5.41, 5.74) is 0. The Balaban J connectivity index is 1.62. The molecule has 0 saturated heterocycles. The highest BCUT2D eigenvalue weighted by atomic mass is 16.3. The molecule has 0 aliphatic heterocycles. The van der Waals surface area contributed by atoms with Crippen molar-refractivity contribution in [3.05, 3.63) is 18.6 Å². The fourth-order valence-corrected chi connectivity index (χ4v) is 2.02. The van der Waals surface area contributed by atoms with E-state index in [0.717, 1.165) is 38.2 Å². The van der Waals surface area contributed by atoms with Crippen molar-refractivity contribution in [3.8, 4) is 0 Å². The number of anilines is 1. The van der Waals surface area contributed by atoms with Crippen molar-refractivity contribution in [2.45, 2.75) is 31.4 Å². The van der Waals surface area contributed by atoms with E-state index < -0.39 is 0 Å². The summed E-state index contributed by atoms with van der Waals surface area (Å²) >= 11 is 0. The van der Waals surface area contributed by atoms with E-state index >= 15 is 0 Å². The van der Waals surface area contributed by atoms with Gasteiger partial charge in [0.15, 0.2) is 0 Å². The second kappa shape index (κ2) is 5.77. The molecule has 0 radical (unpaired) electrons. The third kappa shape index (κ3) is 3.15. The number of nitrogens with one attached hydrogen (secondary N) is 2. The van der Waals surface area contributed by atoms with Crippen LogP contribution in [0.5, 0.6) is 0 Å². The van der Waals surface area contributed by atoms with E-state index in [9.17, 15) is 5.11 Å². The average molecular weight is 222 g/mol. The maximum atomic E-state index is 9.60. The SMILES string of the molecule is O[C@@H]1CCC[C@H]1NCCNc1cnccn1. The third-order valence-electron chi connectivity index (χ3n) is 2.88. The summed E-state index contributed by atoms with van der Waals surface area (Å²) in [6, 6.07) is 0.267. The van der Waals surface area contributed by atoms with Gasteiger partial charge >= 0.3 is 0 Å². The van der Waals surface area contributed by atoms with Crippen LogP contribution < -0.4 is 10.6 Å². The lowest BCUT2D eigenvalue weighted by Crippen LogP contribution is -2.38. The van der Waals surface area contributed by atoms with Crippen LogP contribution >= 0.6 is 0 Å². The largest absolute Gasteiger partial charge is 0.392 e. The summed E-state index contributed by atoms with van der Waals surface area (Å²) in [7, 11) is 0. The molecule has 1 aliphatic carbocycles. The molecule has 2 rings (SSSR count). The maximum Gasteiger partial charge on any atom is 0.144 e. The highest BCUT2D eigenvalue weighted by Crippen LogP contribution is 2.18. The van der Waals surface area contributed by atoms with Gasteiger partial charge in [0.05, 0.1) is 12.3 Å². The van der Waals surface area contributed by atoms with E-state index in [1.165, 1.54) is 0 Å². The minimum atomic E-state index is -0.170. The van der Waals surface area contributed by atoms with Gasteiger partial charge in [-0.2, -0.15) is 0 Å². The molecule has 1 aromatic heterocycles. The second-order valence-corrected chi connectivity index (χ2v) is 4.08. The number of hydrogen-bond donors (Lipinski definition) is 3. The Morgan fingerprint density at radius 2 is 2.25 bits per heavy atom. The highest BCUT2D eigenvalue weighted by Gasteiger charge is 2.23. The van der Waals surface area contributed by atoms with Gasteiger partial charge in [-0.3, -0.25) is 4.98 Å². The summed E-state index contributed by atoms with van der Waals surface area (Å²) in [5.74, 6) is 0.788. The van der Waals surface area contributed by atoms with Crippen LogP contribution in [0.3, 0.4) is 0 Å². The Morgan fingerprint density at radius 1 is 1.31 bits per heavy atom. The molecule has 0 aromatic carbocycles. The fourth-order valence-electron chi connectivity index (χ4n) is 2.02. The predicted molar refractivity (Wildman–Crippen MR) is 62.2 cm³/mol. The van der Waals surface area contributed by atoms with Crippen molar-refractivity contribution in [2.24, 2.45) is 0 Å². The molecule has 1 aliphatic rings. The zero-order valence-electron chi connectivity index (χ0n) is 9.26. The smallest absolute Gasteiger partial charge is 0.144 e. The van der Waals surface area contributed by atoms with Crippen molar-refractivity contribution in [3.63, 3.8) is 0 Å². The van der Waals surface area contributed by atoms with Gasteiger partial charge in [-0.05, 0) is 19.3 Å². The molecule has 0 bridgehead atoms. The lowest BCUT2D eigenvalue weighted by atomic mass is 10.2. The summed E-state index contributed by atoms with van der Waals surface area (Å²) in [6.07, 6.45) is 7.97. The summed E-state index contributed by atoms with van der Waals surface area (Å²) in [5, 5.41) is 16.1. The van der Waals surface area contributed by atoms with Crippen molar-refractivity contribution < 1.29 is 5.11 Å². The highest BCUT2D eigenvalue weighted by molar-refractivity contribution is 5.29. The molecule has 1 aromatic rings. The van der Waals surface area contributed by atoms with E-state index in [-0.39, 0.29) is 12.1 Å². The van der Waals surface area contributed by atoms with Gasteiger partial charge < -0.3 is 15.7 Å². The number of rotatable bonds is 5. The zero-order valence-corrected chi connectivity index (χ0v) is 9.26. The number of nitrogens with zero attached hydrogens (tertiary/aromatic N) is 2. The lowest BCUT2D eigenvalue weighted by Gasteiger charge is -2.16. The van der Waals surface area contributed by atoms with Crippen LogP contribution in [-0.2, 0) is 0 Å². The molecule has 0 spiro atoms. The van der Waals surface area contributed by atoms with E-state index in [4.69, 9.17) is 0 Å². The first-order valence-electron chi connectivity index (χ1n) is 5.77. The van der Waals surface area contributed by atoms with Gasteiger partial charge in [-0.1, -0.05) is 0 Å². The summed E-state index contributed by atoms with van der Waals surface area (Å²) in [4.78, 5) is 8.08. The molecule has 2 atom stereocenters. The topological polar surface area (TPSA) is 70.1 Å². The molecule has 5 heteroatoms. The van der Waals surface area contributed by atoms with E-state index in [1.807, 2.05) is 0 Å². The molecule has 1 heterocycles. The van der Waals surface area contributed by atoms with Gasteiger partial charge in [0, 0.05) is 31.5 Å². The molecular weight excluding hydrogens is 204 g/mol. The zero-order chi connectivity index (χ0) is 11.2. The molecular formula is C11H18N4O. The molecule has 0 unspecified atom stereocenters. The van der Waals surface area contributed by atoms with Gasteiger partial charge in [0.25, 0.3) is 0 Å². The second-order valence-electron chi connectivity index (χ2n) is 4.08. The quantitative estimate of drug-likeness (QED) is 0.629. The van der Waals surface area contributed by atoms with Crippen LogP contribution in [0, 0.1) is 0 Å². The number of aromatic nitrogens is 2. The predicted octanol–water partition coefficient (Wildman–Crippen LogP) is 0.391. The van der Waals surface area contributed by atoms with Crippen LogP contribution in [-0.4, -0.2) is 40.3 Å². The molecule has 3 N–H and O–H groups in total. The van der Waals surface area contributed by atoms with E-state index in [0.29, 0.717) is 0 Å². The summed E-state index contributed by atoms with van der Waals surface area (Å²) < 4.78 is 0. The Bertz CT molecular complexity index is 306. The van der Waals surface area contributed by atoms with Crippen LogP contribution in [0.2, 0.25) is 0 Å². The van der Waals surface area contributed by atoms with Crippen molar-refractivity contribution in [1.29, 1.82) is 0 Å².